The third-order valence-electron chi connectivity index (χ3n) is 4.50. The molecule has 3 rings (SSSR count). The number of rotatable bonds is 5. The molecule has 1 aromatic carbocycles. The molecule has 1 aliphatic rings. The summed E-state index contributed by atoms with van der Waals surface area (Å²) in [5.74, 6) is -0.110. The Morgan fingerprint density at radius 3 is 2.42 bits per heavy atom. The Hall–Kier alpha value is -2.18. The largest absolute Gasteiger partial charge is 0.335 e. The molecular formula is C19H23ClN4O2. The first-order valence-corrected chi connectivity index (χ1v) is 9.29. The van der Waals surface area contributed by atoms with Crippen molar-refractivity contribution in [3.05, 3.63) is 63.0 Å². The van der Waals surface area contributed by atoms with Crippen molar-refractivity contribution < 1.29 is 4.79 Å². The molecule has 0 unspecified atom stereocenters. The van der Waals surface area contributed by atoms with Gasteiger partial charge in [-0.25, -0.2) is 4.68 Å². The van der Waals surface area contributed by atoms with Gasteiger partial charge < -0.3 is 4.90 Å². The van der Waals surface area contributed by atoms with Gasteiger partial charge in [0.1, 0.15) is 5.69 Å². The minimum atomic E-state index is -0.170. The molecule has 0 spiro atoms. The molecule has 0 N–H and O–H groups in total. The summed E-state index contributed by atoms with van der Waals surface area (Å²) in [5, 5.41) is 4.96. The molecule has 0 bridgehead atoms. The fraction of sp³-hybridized carbons (Fsp3) is 0.421. The first-order chi connectivity index (χ1) is 12.6. The Labute approximate surface area is 158 Å². The average molecular weight is 375 g/mol. The molecule has 1 aromatic heterocycles. The molecule has 0 radical (unpaired) electrons. The molecule has 1 fully saturated rings. The lowest BCUT2D eigenvalue weighted by molar-refractivity contribution is 0.0620. The Morgan fingerprint density at radius 1 is 1.08 bits per heavy atom. The van der Waals surface area contributed by atoms with Crippen LogP contribution >= 0.6 is 11.6 Å². The maximum Gasteiger partial charge on any atom is 0.274 e. The molecule has 0 aliphatic carbocycles. The quantitative estimate of drug-likeness (QED) is 0.805. The van der Waals surface area contributed by atoms with Crippen molar-refractivity contribution in [2.45, 2.75) is 26.4 Å². The van der Waals surface area contributed by atoms with Crippen LogP contribution in [0.4, 0.5) is 0 Å². The zero-order valence-corrected chi connectivity index (χ0v) is 15.7. The van der Waals surface area contributed by atoms with E-state index >= 15 is 0 Å². The third-order valence-corrected chi connectivity index (χ3v) is 4.75. The Bertz CT molecular complexity index is 811. The third kappa shape index (κ3) is 4.51. The topological polar surface area (TPSA) is 58.4 Å². The van der Waals surface area contributed by atoms with Crippen LogP contribution in [0, 0.1) is 0 Å². The number of hydrogen-bond acceptors (Lipinski definition) is 4. The molecule has 0 atom stereocenters. The molecule has 138 valence electrons. The van der Waals surface area contributed by atoms with Gasteiger partial charge in [0.05, 0.1) is 0 Å². The number of nitrogens with zero attached hydrogens (tertiary/aromatic N) is 4. The number of aryl methyl sites for hydroxylation is 1. The van der Waals surface area contributed by atoms with Gasteiger partial charge in [-0.2, -0.15) is 5.10 Å². The number of piperazine rings is 1. The number of carbonyl (C=O) groups excluding carboxylic acids is 1. The first kappa shape index (κ1) is 18.6. The Balaban J connectivity index is 1.59. The van der Waals surface area contributed by atoms with E-state index in [9.17, 15) is 9.59 Å². The van der Waals surface area contributed by atoms with Crippen molar-refractivity contribution in [1.29, 1.82) is 0 Å². The normalized spacial score (nSPS) is 15.2. The van der Waals surface area contributed by atoms with Crippen molar-refractivity contribution >= 4 is 17.5 Å². The molecule has 1 saturated heterocycles. The molecule has 1 aliphatic heterocycles. The van der Waals surface area contributed by atoms with E-state index in [0.717, 1.165) is 31.1 Å². The van der Waals surface area contributed by atoms with Crippen LogP contribution in [0.1, 0.15) is 29.4 Å². The Morgan fingerprint density at radius 2 is 1.77 bits per heavy atom. The van der Waals surface area contributed by atoms with Gasteiger partial charge in [-0.3, -0.25) is 14.5 Å². The molecule has 7 heteroatoms. The van der Waals surface area contributed by atoms with E-state index in [1.807, 2.05) is 36.1 Å². The van der Waals surface area contributed by atoms with E-state index in [-0.39, 0.29) is 11.5 Å². The van der Waals surface area contributed by atoms with Crippen LogP contribution in [-0.2, 0) is 13.1 Å². The second-order valence-electron chi connectivity index (χ2n) is 6.47. The molecule has 1 amide bonds. The van der Waals surface area contributed by atoms with Crippen LogP contribution < -0.4 is 5.56 Å². The van der Waals surface area contributed by atoms with E-state index in [1.165, 1.54) is 22.4 Å². The van der Waals surface area contributed by atoms with E-state index < -0.39 is 0 Å². The molecule has 26 heavy (non-hydrogen) atoms. The van der Waals surface area contributed by atoms with Crippen molar-refractivity contribution in [2.75, 3.05) is 26.2 Å². The highest BCUT2D eigenvalue weighted by Crippen LogP contribution is 2.13. The summed E-state index contributed by atoms with van der Waals surface area (Å²) >= 11 is 5.92. The zero-order chi connectivity index (χ0) is 18.5. The predicted octanol–water partition coefficient (Wildman–Crippen LogP) is 2.26. The lowest BCUT2D eigenvalue weighted by Gasteiger charge is -2.34. The van der Waals surface area contributed by atoms with Gasteiger partial charge in [-0.05, 0) is 30.2 Å². The first-order valence-electron chi connectivity index (χ1n) is 8.91. The standard InChI is InChI=1S/C19H23ClN4O2/c1-2-9-24-18(25)8-7-17(21-24)19(26)23-12-10-22(11-13-23)14-15-3-5-16(20)6-4-15/h3-8H,2,9-14H2,1H3. The number of carbonyl (C=O) groups is 1. The van der Waals surface area contributed by atoms with Gasteiger partial charge in [0.2, 0.25) is 0 Å². The smallest absolute Gasteiger partial charge is 0.274 e. The molecule has 6 nitrogen and oxygen atoms in total. The number of aromatic nitrogens is 2. The molecule has 2 aromatic rings. The van der Waals surface area contributed by atoms with Crippen LogP contribution in [0.2, 0.25) is 5.02 Å². The van der Waals surface area contributed by atoms with E-state index in [4.69, 9.17) is 11.6 Å². The van der Waals surface area contributed by atoms with Crippen LogP contribution in [0.5, 0.6) is 0 Å². The Kier molecular flexibility index (Phi) is 6.06. The highest BCUT2D eigenvalue weighted by Gasteiger charge is 2.23. The van der Waals surface area contributed by atoms with Crippen molar-refractivity contribution in [3.8, 4) is 0 Å². The van der Waals surface area contributed by atoms with Gasteiger partial charge >= 0.3 is 0 Å². The fourth-order valence-corrected chi connectivity index (χ4v) is 3.18. The molecule has 0 saturated carbocycles. The number of benzene rings is 1. The van der Waals surface area contributed by atoms with Gasteiger partial charge in [-0.1, -0.05) is 30.7 Å². The van der Waals surface area contributed by atoms with Crippen molar-refractivity contribution in [2.24, 2.45) is 0 Å². The SMILES string of the molecule is CCCn1nc(C(=O)N2CCN(Cc3ccc(Cl)cc3)CC2)ccc1=O. The fourth-order valence-electron chi connectivity index (χ4n) is 3.05. The lowest BCUT2D eigenvalue weighted by Crippen LogP contribution is -2.48. The van der Waals surface area contributed by atoms with E-state index in [1.54, 1.807) is 0 Å². The summed E-state index contributed by atoms with van der Waals surface area (Å²) in [6.07, 6.45) is 0.800. The minimum Gasteiger partial charge on any atom is -0.335 e. The van der Waals surface area contributed by atoms with Crippen LogP contribution in [0.15, 0.2) is 41.2 Å². The monoisotopic (exact) mass is 374 g/mol. The highest BCUT2D eigenvalue weighted by atomic mass is 35.5. The minimum absolute atomic E-state index is 0.110. The predicted molar refractivity (Wildman–Crippen MR) is 101 cm³/mol. The van der Waals surface area contributed by atoms with Crippen molar-refractivity contribution in [1.82, 2.24) is 19.6 Å². The van der Waals surface area contributed by atoms with Crippen LogP contribution in [0.3, 0.4) is 0 Å². The van der Waals surface area contributed by atoms with E-state index in [0.29, 0.717) is 25.3 Å². The van der Waals surface area contributed by atoms with Gasteiger partial charge in [0, 0.05) is 50.4 Å². The maximum atomic E-state index is 12.7. The highest BCUT2D eigenvalue weighted by molar-refractivity contribution is 6.30. The molecular weight excluding hydrogens is 352 g/mol. The number of halogens is 1. The van der Waals surface area contributed by atoms with E-state index in [2.05, 4.69) is 10.00 Å². The second kappa shape index (κ2) is 8.47. The summed E-state index contributed by atoms with van der Waals surface area (Å²) in [6.45, 7) is 6.27. The maximum absolute atomic E-state index is 12.7. The summed E-state index contributed by atoms with van der Waals surface area (Å²) in [7, 11) is 0. The summed E-state index contributed by atoms with van der Waals surface area (Å²) < 4.78 is 1.37. The second-order valence-corrected chi connectivity index (χ2v) is 6.91. The van der Waals surface area contributed by atoms with Gasteiger partial charge in [0.25, 0.3) is 11.5 Å². The van der Waals surface area contributed by atoms with Gasteiger partial charge in [-0.15, -0.1) is 0 Å². The average Bonchev–Trinajstić information content (AvgIpc) is 2.66. The number of hydrogen-bond donors (Lipinski definition) is 0. The van der Waals surface area contributed by atoms with Gasteiger partial charge in [0.15, 0.2) is 0 Å². The van der Waals surface area contributed by atoms with Crippen LogP contribution in [-0.4, -0.2) is 51.7 Å². The molecule has 2 heterocycles. The lowest BCUT2D eigenvalue weighted by atomic mass is 10.2. The zero-order valence-electron chi connectivity index (χ0n) is 14.9. The summed E-state index contributed by atoms with van der Waals surface area (Å²) in [6, 6.07) is 10.8. The summed E-state index contributed by atoms with van der Waals surface area (Å²) in [4.78, 5) is 28.6. The van der Waals surface area contributed by atoms with Crippen LogP contribution in [0.25, 0.3) is 0 Å². The summed E-state index contributed by atoms with van der Waals surface area (Å²) in [5.41, 5.74) is 1.38. The number of amides is 1. The van der Waals surface area contributed by atoms with Crippen molar-refractivity contribution in [3.63, 3.8) is 0 Å².